The first-order valence-electron chi connectivity index (χ1n) is 10.6. The third kappa shape index (κ3) is 3.78. The molecule has 7 heteroatoms. The first kappa shape index (κ1) is 23.4. The molecule has 6 nitrogen and oxygen atoms in total. The Morgan fingerprint density at radius 1 is 1.07 bits per heavy atom. The van der Waals surface area contributed by atoms with Gasteiger partial charge in [0.15, 0.2) is 0 Å². The SMILES string of the molecule is COC1=CC(O)CC[C@]12CC[C@@H](O[Si](C(C)C)(C(C)C)C(C)C)C(=O)N2OC. The average molecular weight is 414 g/mol. The highest BCUT2D eigenvalue weighted by Gasteiger charge is 2.55. The number of carbonyl (C=O) groups is 1. The van der Waals surface area contributed by atoms with E-state index in [0.29, 0.717) is 48.1 Å². The van der Waals surface area contributed by atoms with Crippen LogP contribution in [-0.2, 0) is 18.8 Å². The Bertz CT molecular complexity index is 570. The van der Waals surface area contributed by atoms with E-state index in [1.54, 1.807) is 13.2 Å². The van der Waals surface area contributed by atoms with Gasteiger partial charge in [0.1, 0.15) is 17.4 Å². The second kappa shape index (κ2) is 8.86. The number of hydrogen-bond donors (Lipinski definition) is 1. The van der Waals surface area contributed by atoms with Gasteiger partial charge in [-0.1, -0.05) is 41.5 Å². The van der Waals surface area contributed by atoms with E-state index in [1.165, 1.54) is 12.2 Å². The molecule has 0 aromatic rings. The molecule has 1 heterocycles. The number of aliphatic hydroxyl groups excluding tert-OH is 1. The summed E-state index contributed by atoms with van der Waals surface area (Å²) in [5.41, 5.74) is 0.571. The van der Waals surface area contributed by atoms with E-state index in [0.717, 1.165) is 0 Å². The van der Waals surface area contributed by atoms with Gasteiger partial charge < -0.3 is 14.3 Å². The van der Waals surface area contributed by atoms with Crippen molar-refractivity contribution in [3.05, 3.63) is 11.8 Å². The topological polar surface area (TPSA) is 68.2 Å². The molecule has 1 fully saturated rings. The predicted molar refractivity (Wildman–Crippen MR) is 112 cm³/mol. The zero-order valence-corrected chi connectivity index (χ0v) is 19.8. The maximum Gasteiger partial charge on any atom is 0.274 e. The van der Waals surface area contributed by atoms with Crippen molar-refractivity contribution in [1.82, 2.24) is 5.06 Å². The van der Waals surface area contributed by atoms with Crippen LogP contribution >= 0.6 is 0 Å². The summed E-state index contributed by atoms with van der Waals surface area (Å²) in [5, 5.41) is 11.5. The Morgan fingerprint density at radius 3 is 2.07 bits per heavy atom. The summed E-state index contributed by atoms with van der Waals surface area (Å²) in [6.45, 7) is 13.4. The van der Waals surface area contributed by atoms with Crippen molar-refractivity contribution in [1.29, 1.82) is 0 Å². The van der Waals surface area contributed by atoms with Gasteiger partial charge in [-0.3, -0.25) is 9.63 Å². The molecular weight excluding hydrogens is 374 g/mol. The van der Waals surface area contributed by atoms with Crippen LogP contribution in [0.2, 0.25) is 16.6 Å². The number of piperidine rings is 1. The Kier molecular flexibility index (Phi) is 7.40. The Morgan fingerprint density at radius 2 is 1.61 bits per heavy atom. The molecule has 1 amide bonds. The highest BCUT2D eigenvalue weighted by atomic mass is 28.4. The fourth-order valence-corrected chi connectivity index (χ4v) is 11.1. The summed E-state index contributed by atoms with van der Waals surface area (Å²) in [5.74, 6) is 0.479. The monoisotopic (exact) mass is 413 g/mol. The maximum atomic E-state index is 13.5. The summed E-state index contributed by atoms with van der Waals surface area (Å²) < 4.78 is 12.4. The van der Waals surface area contributed by atoms with Crippen molar-refractivity contribution in [3.63, 3.8) is 0 Å². The number of carbonyl (C=O) groups excluding carboxylic acids is 1. The number of nitrogens with zero attached hydrogens (tertiary/aromatic N) is 1. The zero-order chi connectivity index (χ0) is 21.3. The molecule has 0 radical (unpaired) electrons. The van der Waals surface area contributed by atoms with E-state index in [2.05, 4.69) is 41.5 Å². The second-order valence-electron chi connectivity index (χ2n) is 9.15. The van der Waals surface area contributed by atoms with E-state index >= 15 is 0 Å². The maximum absolute atomic E-state index is 13.5. The summed E-state index contributed by atoms with van der Waals surface area (Å²) in [7, 11) is 0.925. The molecule has 0 aromatic heterocycles. The lowest BCUT2D eigenvalue weighted by atomic mass is 9.77. The molecule has 3 atom stereocenters. The Balaban J connectivity index is 2.36. The standard InChI is InChI=1S/C21H39NO5Si/c1-14(2)28(15(3)4,16(5)6)27-18-10-12-21(22(26-8)20(18)24)11-9-17(23)13-19(21)25-7/h13-18,23H,9-12H2,1-8H3/t17?,18-,21+/m1/s1. The van der Waals surface area contributed by atoms with Gasteiger partial charge in [-0.15, -0.1) is 0 Å². The van der Waals surface area contributed by atoms with Crippen LogP contribution in [0, 0.1) is 0 Å². The predicted octanol–water partition coefficient (Wildman–Crippen LogP) is 4.15. The lowest BCUT2D eigenvalue weighted by Gasteiger charge is -2.51. The summed E-state index contributed by atoms with van der Waals surface area (Å²) in [6.07, 6.45) is 3.19. The molecule has 28 heavy (non-hydrogen) atoms. The lowest BCUT2D eigenvalue weighted by molar-refractivity contribution is -0.230. The van der Waals surface area contributed by atoms with Gasteiger partial charge in [-0.05, 0) is 48.4 Å². The first-order chi connectivity index (χ1) is 13.1. The molecule has 2 aliphatic rings. The largest absolute Gasteiger partial charge is 0.499 e. The zero-order valence-electron chi connectivity index (χ0n) is 18.8. The molecule has 0 bridgehead atoms. The van der Waals surface area contributed by atoms with E-state index < -0.39 is 26.1 Å². The molecule has 1 aliphatic heterocycles. The van der Waals surface area contributed by atoms with Gasteiger partial charge in [-0.25, -0.2) is 5.06 Å². The van der Waals surface area contributed by atoms with Crippen molar-refractivity contribution in [3.8, 4) is 0 Å². The fourth-order valence-electron chi connectivity index (χ4n) is 5.60. The molecule has 1 spiro atoms. The minimum atomic E-state index is -2.19. The molecule has 162 valence electrons. The van der Waals surface area contributed by atoms with Crippen molar-refractivity contribution in [2.45, 2.75) is 102 Å². The third-order valence-corrected chi connectivity index (χ3v) is 12.9. The molecule has 1 saturated heterocycles. The fraction of sp³-hybridized carbons (Fsp3) is 0.857. The normalized spacial score (nSPS) is 29.2. The molecule has 0 aromatic carbocycles. The van der Waals surface area contributed by atoms with Gasteiger partial charge in [0, 0.05) is 0 Å². The van der Waals surface area contributed by atoms with E-state index in [-0.39, 0.29) is 5.91 Å². The van der Waals surface area contributed by atoms with E-state index in [9.17, 15) is 9.90 Å². The van der Waals surface area contributed by atoms with Crippen LogP contribution < -0.4 is 0 Å². The number of methoxy groups -OCH3 is 1. The van der Waals surface area contributed by atoms with Gasteiger partial charge in [0.25, 0.3) is 5.91 Å². The molecule has 1 unspecified atom stereocenters. The molecule has 0 saturated carbocycles. The average Bonchev–Trinajstić information content (AvgIpc) is 2.62. The molecule has 2 rings (SSSR count). The van der Waals surface area contributed by atoms with Gasteiger partial charge in [0.05, 0.1) is 20.3 Å². The highest BCUT2D eigenvalue weighted by Crippen LogP contribution is 2.47. The quantitative estimate of drug-likeness (QED) is 0.635. The van der Waals surface area contributed by atoms with Crippen LogP contribution in [-0.4, -0.2) is 56.4 Å². The number of hydroxylamine groups is 2. The van der Waals surface area contributed by atoms with Gasteiger partial charge in [-0.2, -0.15) is 0 Å². The van der Waals surface area contributed by atoms with Crippen LogP contribution in [0.25, 0.3) is 0 Å². The minimum absolute atomic E-state index is 0.132. The summed E-state index contributed by atoms with van der Waals surface area (Å²) >= 11 is 0. The van der Waals surface area contributed by atoms with Crippen LogP contribution in [0.1, 0.15) is 67.2 Å². The Hall–Kier alpha value is -0.893. The molecular formula is C21H39NO5Si. The van der Waals surface area contributed by atoms with Gasteiger partial charge >= 0.3 is 0 Å². The number of amides is 1. The van der Waals surface area contributed by atoms with Crippen molar-refractivity contribution >= 4 is 14.2 Å². The van der Waals surface area contributed by atoms with Crippen LogP contribution in [0.4, 0.5) is 0 Å². The Labute approximate surface area is 171 Å². The second-order valence-corrected chi connectivity index (χ2v) is 14.6. The first-order valence-corrected chi connectivity index (χ1v) is 12.7. The number of ether oxygens (including phenoxy) is 1. The molecule has 1 aliphatic carbocycles. The summed E-state index contributed by atoms with van der Waals surface area (Å²) in [6, 6.07) is 0. The van der Waals surface area contributed by atoms with Crippen molar-refractivity contribution < 1.29 is 23.9 Å². The van der Waals surface area contributed by atoms with Gasteiger partial charge in [0.2, 0.25) is 8.32 Å². The minimum Gasteiger partial charge on any atom is -0.499 e. The highest BCUT2D eigenvalue weighted by molar-refractivity contribution is 6.77. The smallest absolute Gasteiger partial charge is 0.274 e. The van der Waals surface area contributed by atoms with Crippen LogP contribution in [0.3, 0.4) is 0 Å². The van der Waals surface area contributed by atoms with Crippen molar-refractivity contribution in [2.24, 2.45) is 0 Å². The van der Waals surface area contributed by atoms with E-state index in [4.69, 9.17) is 14.0 Å². The molecule has 1 N–H and O–H groups in total. The number of hydrogen-bond acceptors (Lipinski definition) is 5. The number of aliphatic hydroxyl groups is 1. The van der Waals surface area contributed by atoms with Crippen LogP contribution in [0.15, 0.2) is 11.8 Å². The van der Waals surface area contributed by atoms with Crippen molar-refractivity contribution in [2.75, 3.05) is 14.2 Å². The van der Waals surface area contributed by atoms with Crippen LogP contribution in [0.5, 0.6) is 0 Å². The number of rotatable bonds is 7. The summed E-state index contributed by atoms with van der Waals surface area (Å²) in [4.78, 5) is 19.1. The van der Waals surface area contributed by atoms with E-state index in [1.807, 2.05) is 0 Å². The third-order valence-electron chi connectivity index (χ3n) is 6.80. The lowest BCUT2D eigenvalue weighted by Crippen LogP contribution is -2.63.